The zero-order valence-corrected chi connectivity index (χ0v) is 25.7. The lowest BCUT2D eigenvalue weighted by atomic mass is 10.1. The molecule has 8 nitrogen and oxygen atoms in total. The van der Waals surface area contributed by atoms with Crippen molar-refractivity contribution in [2.24, 2.45) is 0 Å². The van der Waals surface area contributed by atoms with E-state index >= 15 is 0 Å². The third-order valence-electron chi connectivity index (χ3n) is 6.49. The molecular weight excluding hydrogens is 558 g/mol. The van der Waals surface area contributed by atoms with E-state index in [1.165, 1.54) is 28.8 Å². The van der Waals surface area contributed by atoms with Gasteiger partial charge in [-0.1, -0.05) is 56.3 Å². The fourth-order valence-corrected chi connectivity index (χ4v) is 6.23. The maximum atomic E-state index is 14.2. The van der Waals surface area contributed by atoms with Crippen LogP contribution >= 0.6 is 11.8 Å². The van der Waals surface area contributed by atoms with Crippen molar-refractivity contribution in [2.75, 3.05) is 30.3 Å². The van der Waals surface area contributed by atoms with Crippen LogP contribution in [0.1, 0.15) is 39.2 Å². The Morgan fingerprint density at radius 3 is 2.20 bits per heavy atom. The Balaban J connectivity index is 2.09. The summed E-state index contributed by atoms with van der Waals surface area (Å²) < 4.78 is 35.1. The number of carbonyl (C=O) groups is 2. The number of nitrogens with one attached hydrogen (secondary N) is 1. The molecule has 0 aliphatic carbocycles. The third kappa shape index (κ3) is 8.27. The van der Waals surface area contributed by atoms with Crippen molar-refractivity contribution in [3.63, 3.8) is 0 Å². The molecule has 3 aromatic carbocycles. The number of carbonyl (C=O) groups excluding carboxylic acids is 2. The van der Waals surface area contributed by atoms with Gasteiger partial charge in [0.1, 0.15) is 18.3 Å². The van der Waals surface area contributed by atoms with Crippen molar-refractivity contribution >= 4 is 39.3 Å². The highest BCUT2D eigenvalue weighted by Crippen LogP contribution is 2.33. The number of anilines is 1. The summed E-state index contributed by atoms with van der Waals surface area (Å²) >= 11 is 1.50. The maximum absolute atomic E-state index is 14.2. The average molecular weight is 598 g/mol. The third-order valence-corrected chi connectivity index (χ3v) is 9.01. The second kappa shape index (κ2) is 15.5. The van der Waals surface area contributed by atoms with Crippen LogP contribution in [0.5, 0.6) is 5.75 Å². The van der Waals surface area contributed by atoms with E-state index in [0.29, 0.717) is 25.3 Å². The summed E-state index contributed by atoms with van der Waals surface area (Å²) in [6.45, 7) is 6.05. The van der Waals surface area contributed by atoms with Gasteiger partial charge in [0.05, 0.1) is 17.2 Å². The van der Waals surface area contributed by atoms with E-state index in [9.17, 15) is 18.0 Å². The predicted molar refractivity (Wildman–Crippen MR) is 165 cm³/mol. The highest BCUT2D eigenvalue weighted by molar-refractivity contribution is 7.98. The van der Waals surface area contributed by atoms with Crippen molar-refractivity contribution in [2.45, 2.75) is 56.0 Å². The Morgan fingerprint density at radius 2 is 1.59 bits per heavy atom. The number of sulfonamides is 1. The van der Waals surface area contributed by atoms with E-state index in [0.717, 1.165) is 21.2 Å². The fraction of sp³-hybridized carbons (Fsp3) is 0.355. The summed E-state index contributed by atoms with van der Waals surface area (Å²) in [4.78, 5) is 29.8. The Morgan fingerprint density at radius 1 is 0.927 bits per heavy atom. The molecule has 0 fully saturated rings. The molecule has 2 amide bonds. The Kier molecular flexibility index (Phi) is 12.1. The molecule has 0 aromatic heterocycles. The number of rotatable bonds is 15. The summed E-state index contributed by atoms with van der Waals surface area (Å²) in [6.07, 6.45) is 3.03. The van der Waals surface area contributed by atoms with Crippen molar-refractivity contribution in [3.05, 3.63) is 84.4 Å². The first-order valence-electron chi connectivity index (χ1n) is 13.8. The molecule has 0 bridgehead atoms. The standard InChI is InChI=1S/C31H39N3O5S2/c1-5-21-32-31(36)27(6-2)33(22-24-13-9-8-10-14-24)30(35)23-34(28-15-11-12-16-29(28)39-7-3)41(37,38)26-19-17-25(40-4)18-20-26/h8-20,27H,5-7,21-23H2,1-4H3,(H,32,36)/t27-/m0/s1. The molecule has 220 valence electrons. The average Bonchev–Trinajstić information content (AvgIpc) is 2.99. The number of nitrogens with zero attached hydrogens (tertiary/aromatic N) is 2. The molecule has 3 aromatic rings. The van der Waals surface area contributed by atoms with Gasteiger partial charge in [-0.25, -0.2) is 8.42 Å². The number of hydrogen-bond acceptors (Lipinski definition) is 6. The SMILES string of the molecule is CCCNC(=O)[C@H](CC)N(Cc1ccccc1)C(=O)CN(c1ccccc1OCC)S(=O)(=O)c1ccc(SC)cc1. The van der Waals surface area contributed by atoms with Gasteiger partial charge in [0.25, 0.3) is 10.0 Å². The molecule has 0 saturated heterocycles. The van der Waals surface area contributed by atoms with Gasteiger partial charge in [-0.3, -0.25) is 13.9 Å². The zero-order valence-electron chi connectivity index (χ0n) is 24.1. The van der Waals surface area contributed by atoms with E-state index in [2.05, 4.69) is 5.32 Å². The van der Waals surface area contributed by atoms with Gasteiger partial charge in [-0.2, -0.15) is 0 Å². The van der Waals surface area contributed by atoms with Crippen molar-refractivity contribution in [3.8, 4) is 5.75 Å². The number of ether oxygens (including phenoxy) is 1. The molecule has 0 unspecified atom stereocenters. The molecule has 1 N–H and O–H groups in total. The molecule has 0 saturated carbocycles. The van der Waals surface area contributed by atoms with Crippen LogP contribution in [0, 0.1) is 0 Å². The first kappa shape index (κ1) is 32.0. The molecule has 3 rings (SSSR count). The van der Waals surface area contributed by atoms with Gasteiger partial charge in [0.2, 0.25) is 11.8 Å². The molecular formula is C31H39N3O5S2. The first-order valence-corrected chi connectivity index (χ1v) is 16.4. The minimum Gasteiger partial charge on any atom is -0.492 e. The Hall–Kier alpha value is -3.50. The van der Waals surface area contributed by atoms with E-state index in [1.54, 1.807) is 36.4 Å². The second-order valence-electron chi connectivity index (χ2n) is 9.31. The van der Waals surface area contributed by atoms with Gasteiger partial charge in [-0.05, 0) is 68.0 Å². The van der Waals surface area contributed by atoms with Gasteiger partial charge >= 0.3 is 0 Å². The Labute approximate surface area is 248 Å². The van der Waals surface area contributed by atoms with Crippen molar-refractivity contribution < 1.29 is 22.7 Å². The number of benzene rings is 3. The molecule has 0 spiro atoms. The van der Waals surface area contributed by atoms with Crippen LogP contribution in [0.15, 0.2) is 88.7 Å². The van der Waals surface area contributed by atoms with Gasteiger partial charge in [0, 0.05) is 18.0 Å². The summed E-state index contributed by atoms with van der Waals surface area (Å²) in [6, 6.07) is 21.9. The number of amides is 2. The van der Waals surface area contributed by atoms with E-state index in [4.69, 9.17) is 4.74 Å². The highest BCUT2D eigenvalue weighted by atomic mass is 32.2. The van der Waals surface area contributed by atoms with Crippen molar-refractivity contribution in [1.29, 1.82) is 0 Å². The topological polar surface area (TPSA) is 96.0 Å². The molecule has 0 aliphatic rings. The zero-order chi connectivity index (χ0) is 29.8. The van der Waals surface area contributed by atoms with E-state index < -0.39 is 28.5 Å². The minimum atomic E-state index is -4.19. The fourth-order valence-electron chi connectivity index (χ4n) is 4.39. The van der Waals surface area contributed by atoms with Crippen LogP contribution in [0.3, 0.4) is 0 Å². The maximum Gasteiger partial charge on any atom is 0.264 e. The highest BCUT2D eigenvalue weighted by Gasteiger charge is 2.34. The van der Waals surface area contributed by atoms with Crippen LogP contribution < -0.4 is 14.4 Å². The Bertz CT molecular complexity index is 1380. The summed E-state index contributed by atoms with van der Waals surface area (Å²) in [7, 11) is -4.19. The molecule has 1 atom stereocenters. The molecule has 41 heavy (non-hydrogen) atoms. The lowest BCUT2D eigenvalue weighted by Crippen LogP contribution is -2.52. The van der Waals surface area contributed by atoms with Crippen LogP contribution in [0.4, 0.5) is 5.69 Å². The summed E-state index contributed by atoms with van der Waals surface area (Å²) in [5.41, 5.74) is 1.08. The number of para-hydroxylation sites is 2. The predicted octanol–water partition coefficient (Wildman–Crippen LogP) is 5.34. The van der Waals surface area contributed by atoms with E-state index in [1.807, 2.05) is 57.4 Å². The van der Waals surface area contributed by atoms with Crippen LogP contribution in [-0.2, 0) is 26.2 Å². The summed E-state index contributed by atoms with van der Waals surface area (Å²) in [5, 5.41) is 2.90. The molecule has 0 radical (unpaired) electrons. The van der Waals surface area contributed by atoms with Gasteiger partial charge in [0.15, 0.2) is 0 Å². The van der Waals surface area contributed by atoms with Crippen molar-refractivity contribution in [1.82, 2.24) is 10.2 Å². The van der Waals surface area contributed by atoms with E-state index in [-0.39, 0.29) is 23.0 Å². The smallest absolute Gasteiger partial charge is 0.264 e. The van der Waals surface area contributed by atoms with Gasteiger partial charge in [-0.15, -0.1) is 11.8 Å². The van der Waals surface area contributed by atoms with Crippen LogP contribution in [0.25, 0.3) is 0 Å². The lowest BCUT2D eigenvalue weighted by molar-refractivity contribution is -0.140. The lowest BCUT2D eigenvalue weighted by Gasteiger charge is -2.33. The minimum absolute atomic E-state index is 0.0525. The monoisotopic (exact) mass is 597 g/mol. The molecule has 0 aliphatic heterocycles. The van der Waals surface area contributed by atoms with Gasteiger partial charge < -0.3 is 15.0 Å². The second-order valence-corrected chi connectivity index (χ2v) is 12.1. The first-order chi connectivity index (χ1) is 19.8. The number of hydrogen-bond donors (Lipinski definition) is 1. The largest absolute Gasteiger partial charge is 0.492 e. The number of thioether (sulfide) groups is 1. The quantitative estimate of drug-likeness (QED) is 0.238. The molecule has 10 heteroatoms. The summed E-state index contributed by atoms with van der Waals surface area (Å²) in [5.74, 6) is -0.423. The molecule has 0 heterocycles. The van der Waals surface area contributed by atoms with Crippen LogP contribution in [-0.4, -0.2) is 57.1 Å². The van der Waals surface area contributed by atoms with Crippen LogP contribution in [0.2, 0.25) is 0 Å². The normalized spacial score (nSPS) is 11.9.